The number of nitrogens with zero attached hydrogens (tertiary/aromatic N) is 2. The maximum Gasteiger partial charge on any atom is 0.241 e. The number of hydrogen-bond donors (Lipinski definition) is 2. The molecular weight excluding hydrogens is 328 g/mol. The van der Waals surface area contributed by atoms with E-state index in [1.54, 1.807) is 7.11 Å². The molecule has 3 N–H and O–H groups in total. The zero-order valence-electron chi connectivity index (χ0n) is 14.5. The smallest absolute Gasteiger partial charge is 0.241 e. The van der Waals surface area contributed by atoms with Crippen molar-refractivity contribution in [3.05, 3.63) is 81.8 Å². The molecule has 1 unspecified atom stereocenters. The molecule has 0 bridgehead atoms. The van der Waals surface area contributed by atoms with Crippen LogP contribution in [0.3, 0.4) is 0 Å². The highest BCUT2D eigenvalue weighted by Crippen LogP contribution is 2.46. The fraction of sp³-hybridized carbons (Fsp3) is 0.200. The molecule has 0 saturated carbocycles. The average Bonchev–Trinajstić information content (AvgIpc) is 3.29. The molecule has 4 rings (SSSR count). The molecule has 1 atom stereocenters. The Morgan fingerprint density at radius 1 is 1.42 bits per heavy atom. The zero-order chi connectivity index (χ0) is 18.3. The van der Waals surface area contributed by atoms with E-state index in [1.165, 1.54) is 0 Å². The summed E-state index contributed by atoms with van der Waals surface area (Å²) >= 11 is 0. The Kier molecular flexibility index (Phi) is 3.77. The van der Waals surface area contributed by atoms with Crippen molar-refractivity contribution >= 4 is 5.57 Å². The highest BCUT2D eigenvalue weighted by atomic mass is 16.5. The molecule has 1 aromatic carbocycles. The van der Waals surface area contributed by atoms with Crippen LogP contribution in [0.25, 0.3) is 10.4 Å². The van der Waals surface area contributed by atoms with E-state index in [2.05, 4.69) is 21.1 Å². The number of ether oxygens (including phenoxy) is 2. The highest BCUT2D eigenvalue weighted by Gasteiger charge is 2.36. The average molecular weight is 346 g/mol. The van der Waals surface area contributed by atoms with Gasteiger partial charge in [-0.25, -0.2) is 4.85 Å². The number of benzene rings is 1. The van der Waals surface area contributed by atoms with Gasteiger partial charge in [-0.2, -0.15) is 0 Å². The molecule has 26 heavy (non-hydrogen) atoms. The number of fused-ring (bicyclic) bond motifs is 1. The summed E-state index contributed by atoms with van der Waals surface area (Å²) in [5.74, 6) is 0.993. The molecule has 0 spiro atoms. The van der Waals surface area contributed by atoms with Gasteiger partial charge in [0.25, 0.3) is 0 Å². The summed E-state index contributed by atoms with van der Waals surface area (Å²) in [6.45, 7) is 9.62. The molecule has 1 aliphatic carbocycles. The number of hydrogen-bond acceptors (Lipinski definition) is 4. The first-order valence-electron chi connectivity index (χ1n) is 8.27. The molecule has 6 nitrogen and oxygen atoms in total. The summed E-state index contributed by atoms with van der Waals surface area (Å²) in [5.41, 5.74) is 11.2. The summed E-state index contributed by atoms with van der Waals surface area (Å²) in [7, 11) is 1.64. The second kappa shape index (κ2) is 6.12. The van der Waals surface area contributed by atoms with E-state index in [0.29, 0.717) is 11.6 Å². The van der Waals surface area contributed by atoms with Gasteiger partial charge >= 0.3 is 0 Å². The van der Waals surface area contributed by atoms with E-state index in [9.17, 15) is 0 Å². The zero-order valence-corrected chi connectivity index (χ0v) is 14.5. The Bertz CT molecular complexity index is 1020. The third-order valence-electron chi connectivity index (χ3n) is 4.76. The molecule has 1 aliphatic heterocycles. The first-order valence-corrected chi connectivity index (χ1v) is 8.27. The van der Waals surface area contributed by atoms with Crippen LogP contribution in [0.4, 0.5) is 0 Å². The molecule has 0 amide bonds. The van der Waals surface area contributed by atoms with Gasteiger partial charge in [0.05, 0.1) is 25.3 Å². The van der Waals surface area contributed by atoms with Crippen LogP contribution in [-0.4, -0.2) is 17.3 Å². The van der Waals surface area contributed by atoms with Gasteiger partial charge in [0.1, 0.15) is 5.75 Å². The van der Waals surface area contributed by atoms with Crippen LogP contribution >= 0.6 is 0 Å². The Morgan fingerprint density at radius 2 is 2.27 bits per heavy atom. The molecule has 2 aliphatic rings. The minimum atomic E-state index is -0.337. The quantitative estimate of drug-likeness (QED) is 0.832. The lowest BCUT2D eigenvalue weighted by molar-refractivity contribution is 0.378. The van der Waals surface area contributed by atoms with Crippen LogP contribution in [0.5, 0.6) is 11.6 Å². The van der Waals surface area contributed by atoms with Crippen LogP contribution in [0, 0.1) is 13.5 Å². The number of nitrogens with two attached hydrogens (primary N) is 1. The number of methoxy groups -OCH3 is 1. The standard InChI is InChI=1S/C20H18N4O2/c1-11-10-13(8-9-14(11)25-3)15-16-17(12-6-4-5-7-12)23-24-20(16)26-19(21)18(15)22-2/h4-6,8-10,15H,7,21H2,1,3H3,(H,23,24). The Balaban J connectivity index is 1.91. The fourth-order valence-electron chi connectivity index (χ4n) is 3.52. The van der Waals surface area contributed by atoms with Crippen LogP contribution in [0.15, 0.2) is 48.0 Å². The largest absolute Gasteiger partial charge is 0.496 e. The van der Waals surface area contributed by atoms with E-state index < -0.39 is 0 Å². The third-order valence-corrected chi connectivity index (χ3v) is 4.76. The van der Waals surface area contributed by atoms with E-state index in [4.69, 9.17) is 21.8 Å². The maximum atomic E-state index is 7.64. The van der Waals surface area contributed by atoms with Crippen molar-refractivity contribution in [1.29, 1.82) is 0 Å². The van der Waals surface area contributed by atoms with Gasteiger partial charge in [0.2, 0.25) is 11.6 Å². The summed E-state index contributed by atoms with van der Waals surface area (Å²) in [6, 6.07) is 5.89. The lowest BCUT2D eigenvalue weighted by Crippen LogP contribution is -2.20. The van der Waals surface area contributed by atoms with Gasteiger partial charge in [-0.15, -0.1) is 5.10 Å². The Morgan fingerprint density at radius 3 is 2.92 bits per heavy atom. The summed E-state index contributed by atoms with van der Waals surface area (Å²) in [4.78, 5) is 3.68. The van der Waals surface area contributed by atoms with E-state index >= 15 is 0 Å². The van der Waals surface area contributed by atoms with Crippen molar-refractivity contribution in [2.45, 2.75) is 19.3 Å². The van der Waals surface area contributed by atoms with Crippen molar-refractivity contribution in [1.82, 2.24) is 10.2 Å². The SMILES string of the molecule is [C-]#[N+]C1=C(N)Oc2n[nH]c(C3=CC=CC3)c2C1c1ccc(OC)c(C)c1. The van der Waals surface area contributed by atoms with Crippen molar-refractivity contribution in [3.8, 4) is 11.6 Å². The molecule has 0 radical (unpaired) electrons. The third kappa shape index (κ3) is 2.37. The first-order chi connectivity index (χ1) is 12.6. The van der Waals surface area contributed by atoms with Gasteiger partial charge in [0, 0.05) is 5.56 Å². The molecule has 0 saturated heterocycles. The maximum absolute atomic E-state index is 7.64. The molecular formula is C20H18N4O2. The number of nitrogens with one attached hydrogen (secondary N) is 1. The number of aromatic nitrogens is 2. The lowest BCUT2D eigenvalue weighted by atomic mass is 9.85. The molecule has 1 aromatic heterocycles. The molecule has 6 heteroatoms. The lowest BCUT2D eigenvalue weighted by Gasteiger charge is -2.24. The van der Waals surface area contributed by atoms with Gasteiger partial charge in [0.15, 0.2) is 5.88 Å². The van der Waals surface area contributed by atoms with Crippen molar-refractivity contribution in [2.24, 2.45) is 5.73 Å². The molecule has 0 fully saturated rings. The summed E-state index contributed by atoms with van der Waals surface area (Å²) in [5, 5.41) is 7.36. The van der Waals surface area contributed by atoms with Crippen LogP contribution in [0.1, 0.15) is 34.7 Å². The monoisotopic (exact) mass is 346 g/mol. The van der Waals surface area contributed by atoms with Crippen LogP contribution in [0.2, 0.25) is 0 Å². The predicted octanol–water partition coefficient (Wildman–Crippen LogP) is 3.64. The Labute approximate surface area is 151 Å². The van der Waals surface area contributed by atoms with Crippen LogP contribution in [-0.2, 0) is 0 Å². The van der Waals surface area contributed by atoms with Crippen LogP contribution < -0.4 is 15.2 Å². The number of aromatic amines is 1. The summed E-state index contributed by atoms with van der Waals surface area (Å²) < 4.78 is 11.0. The second-order valence-electron chi connectivity index (χ2n) is 6.27. The first kappa shape index (κ1) is 16.0. The molecule has 2 heterocycles. The van der Waals surface area contributed by atoms with Gasteiger partial charge < -0.3 is 15.2 Å². The second-order valence-corrected chi connectivity index (χ2v) is 6.27. The van der Waals surface area contributed by atoms with Crippen molar-refractivity contribution < 1.29 is 9.47 Å². The highest BCUT2D eigenvalue weighted by molar-refractivity contribution is 5.74. The number of rotatable bonds is 3. The minimum absolute atomic E-state index is 0.0996. The minimum Gasteiger partial charge on any atom is -0.496 e. The summed E-state index contributed by atoms with van der Waals surface area (Å²) in [6.07, 6.45) is 6.95. The van der Waals surface area contributed by atoms with E-state index in [-0.39, 0.29) is 11.8 Å². The van der Waals surface area contributed by atoms with Gasteiger partial charge in [-0.05, 0) is 36.1 Å². The van der Waals surface area contributed by atoms with Crippen molar-refractivity contribution in [2.75, 3.05) is 7.11 Å². The number of aryl methyl sites for hydroxylation is 1. The molecule has 2 aromatic rings. The van der Waals surface area contributed by atoms with Crippen molar-refractivity contribution in [3.63, 3.8) is 0 Å². The number of allylic oxidation sites excluding steroid dienone is 5. The topological polar surface area (TPSA) is 77.5 Å². The normalized spacial score (nSPS) is 18.2. The van der Waals surface area contributed by atoms with Gasteiger partial charge in [-0.3, -0.25) is 5.10 Å². The predicted molar refractivity (Wildman–Crippen MR) is 98.3 cm³/mol. The Hall–Kier alpha value is -3.46. The van der Waals surface area contributed by atoms with Gasteiger partial charge in [-0.1, -0.05) is 30.4 Å². The van der Waals surface area contributed by atoms with E-state index in [0.717, 1.165) is 40.1 Å². The fourth-order valence-corrected chi connectivity index (χ4v) is 3.52. The van der Waals surface area contributed by atoms with E-state index in [1.807, 2.05) is 37.3 Å². The number of H-pyrrole nitrogens is 1. The molecule has 130 valence electrons.